The molecule has 6 nitrogen and oxygen atoms in total. The smallest absolute Gasteiger partial charge is 0.234 e. The highest BCUT2D eigenvalue weighted by Crippen LogP contribution is 2.39. The van der Waals surface area contributed by atoms with Crippen LogP contribution in [0.2, 0.25) is 0 Å². The molecule has 1 aromatic rings. The minimum absolute atomic E-state index is 0.0621. The second-order valence-electron chi connectivity index (χ2n) is 5.27. The molecule has 0 aromatic heterocycles. The molecule has 1 heterocycles. The molecule has 0 bridgehead atoms. The van der Waals surface area contributed by atoms with Gasteiger partial charge in [0.05, 0.1) is 27.0 Å². The van der Waals surface area contributed by atoms with E-state index in [1.165, 1.54) is 32.5 Å². The average molecular weight is 510 g/mol. The highest BCUT2D eigenvalue weighted by molar-refractivity contribution is 6.78. The first kappa shape index (κ1) is 23.4. The van der Waals surface area contributed by atoms with Gasteiger partial charge in [-0.3, -0.25) is 5.43 Å². The summed E-state index contributed by atoms with van der Waals surface area (Å²) in [6.07, 6.45) is 4.59. The SMILES string of the molecule is COc1cc(C=CN2N=C(C(Cl)(Cl)Cl)C=C(C(Cl)(Cl)Cl)N2)cc(OC)c1OC. The van der Waals surface area contributed by atoms with E-state index in [0.29, 0.717) is 22.8 Å². The van der Waals surface area contributed by atoms with E-state index in [1.807, 2.05) is 0 Å². The zero-order valence-electron chi connectivity index (χ0n) is 14.8. The van der Waals surface area contributed by atoms with Crippen molar-refractivity contribution in [2.75, 3.05) is 21.3 Å². The fraction of sp³-hybridized carbons (Fsp3) is 0.312. The van der Waals surface area contributed by atoms with E-state index in [0.717, 1.165) is 0 Å². The first-order valence-corrected chi connectivity index (χ1v) is 9.75. The van der Waals surface area contributed by atoms with E-state index in [1.54, 1.807) is 24.4 Å². The number of alkyl halides is 6. The summed E-state index contributed by atoms with van der Waals surface area (Å²) in [5.74, 6) is 1.44. The molecule has 0 saturated carbocycles. The maximum atomic E-state index is 5.94. The molecule has 0 radical (unpaired) electrons. The maximum absolute atomic E-state index is 5.94. The summed E-state index contributed by atoms with van der Waals surface area (Å²) in [5.41, 5.74) is 3.74. The molecule has 1 aliphatic heterocycles. The van der Waals surface area contributed by atoms with Crippen LogP contribution in [0.15, 0.2) is 35.2 Å². The standard InChI is InChI=1S/C16H15Cl6N3O3/c1-26-10-6-9(7-11(27-2)14(10)28-3)4-5-25-23-12(15(17,18)19)8-13(24-25)16(20,21)22/h4-8,23H,1-3H3. The van der Waals surface area contributed by atoms with Crippen LogP contribution < -0.4 is 19.6 Å². The minimum atomic E-state index is -1.82. The average Bonchev–Trinajstić information content (AvgIpc) is 2.63. The number of hydrazone groups is 1. The van der Waals surface area contributed by atoms with Crippen molar-refractivity contribution in [3.8, 4) is 17.2 Å². The van der Waals surface area contributed by atoms with Gasteiger partial charge in [0, 0.05) is 6.20 Å². The molecule has 2 rings (SSSR count). The van der Waals surface area contributed by atoms with E-state index < -0.39 is 7.59 Å². The Balaban J connectivity index is 2.38. The van der Waals surface area contributed by atoms with Gasteiger partial charge in [0.25, 0.3) is 0 Å². The van der Waals surface area contributed by atoms with Crippen molar-refractivity contribution in [3.63, 3.8) is 0 Å². The Morgan fingerprint density at radius 1 is 0.929 bits per heavy atom. The molecule has 0 aliphatic carbocycles. The van der Waals surface area contributed by atoms with E-state index in [4.69, 9.17) is 83.8 Å². The number of hydrogen-bond acceptors (Lipinski definition) is 6. The van der Waals surface area contributed by atoms with Crippen molar-refractivity contribution in [3.05, 3.63) is 35.7 Å². The Bertz CT molecular complexity index is 790. The lowest BCUT2D eigenvalue weighted by Crippen LogP contribution is -2.40. The zero-order valence-corrected chi connectivity index (χ0v) is 19.3. The number of allylic oxidation sites excluding steroid dienone is 2. The predicted molar refractivity (Wildman–Crippen MR) is 116 cm³/mol. The maximum Gasteiger partial charge on any atom is 0.234 e. The lowest BCUT2D eigenvalue weighted by atomic mass is 10.2. The first-order valence-electron chi connectivity index (χ1n) is 7.48. The highest BCUT2D eigenvalue weighted by Gasteiger charge is 2.35. The number of hydrogen-bond donors (Lipinski definition) is 1. The van der Waals surface area contributed by atoms with Crippen LogP contribution in [0.25, 0.3) is 6.08 Å². The second kappa shape index (κ2) is 9.28. The van der Waals surface area contributed by atoms with E-state index in [-0.39, 0.29) is 11.4 Å². The summed E-state index contributed by atoms with van der Waals surface area (Å²) in [5, 5.41) is 5.42. The Morgan fingerprint density at radius 2 is 1.50 bits per heavy atom. The third kappa shape index (κ3) is 5.81. The van der Waals surface area contributed by atoms with Crippen LogP contribution in [0, 0.1) is 0 Å². The Morgan fingerprint density at radius 3 is 1.93 bits per heavy atom. The quantitative estimate of drug-likeness (QED) is 0.532. The number of rotatable bonds is 5. The molecule has 12 heteroatoms. The van der Waals surface area contributed by atoms with Gasteiger partial charge in [-0.2, -0.15) is 10.2 Å². The van der Waals surface area contributed by atoms with Crippen molar-refractivity contribution in [2.45, 2.75) is 7.59 Å². The molecule has 1 aliphatic rings. The van der Waals surface area contributed by atoms with Gasteiger partial charge >= 0.3 is 0 Å². The Kier molecular flexibility index (Phi) is 7.76. The van der Waals surface area contributed by atoms with E-state index in [2.05, 4.69) is 10.5 Å². The fourth-order valence-corrected chi connectivity index (χ4v) is 2.74. The predicted octanol–water partition coefficient (Wildman–Crippen LogP) is 5.48. The largest absolute Gasteiger partial charge is 0.493 e. The number of ether oxygens (including phenoxy) is 3. The molecule has 0 fully saturated rings. The molecular formula is C16H15Cl6N3O3. The van der Waals surface area contributed by atoms with Gasteiger partial charge in [-0.15, -0.1) is 0 Å². The van der Waals surface area contributed by atoms with Crippen LogP contribution >= 0.6 is 69.6 Å². The van der Waals surface area contributed by atoms with Crippen molar-refractivity contribution < 1.29 is 14.2 Å². The van der Waals surface area contributed by atoms with Crippen molar-refractivity contribution in [2.24, 2.45) is 5.10 Å². The molecule has 28 heavy (non-hydrogen) atoms. The van der Waals surface area contributed by atoms with Gasteiger partial charge in [0.2, 0.25) is 13.3 Å². The summed E-state index contributed by atoms with van der Waals surface area (Å²) in [6.45, 7) is 0. The molecule has 1 aromatic carbocycles. The number of nitrogens with one attached hydrogen (secondary N) is 1. The molecule has 154 valence electrons. The topological polar surface area (TPSA) is 55.3 Å². The van der Waals surface area contributed by atoms with Crippen LogP contribution in [0.1, 0.15) is 5.56 Å². The molecule has 0 unspecified atom stereocenters. The van der Waals surface area contributed by atoms with Crippen molar-refractivity contribution >= 4 is 81.4 Å². The first-order chi connectivity index (χ1) is 13.0. The van der Waals surface area contributed by atoms with Gasteiger partial charge in [-0.1, -0.05) is 69.6 Å². The molecule has 0 saturated heterocycles. The Labute approximate surface area is 192 Å². The van der Waals surface area contributed by atoms with Crippen LogP contribution in [-0.2, 0) is 0 Å². The minimum Gasteiger partial charge on any atom is -0.493 e. The van der Waals surface area contributed by atoms with E-state index in [9.17, 15) is 0 Å². The molecule has 0 spiro atoms. The van der Waals surface area contributed by atoms with Gasteiger partial charge in [0.15, 0.2) is 11.5 Å². The number of hydrazine groups is 1. The van der Waals surface area contributed by atoms with Gasteiger partial charge < -0.3 is 14.2 Å². The summed E-state index contributed by atoms with van der Waals surface area (Å²) in [6, 6.07) is 3.49. The summed E-state index contributed by atoms with van der Waals surface area (Å²) < 4.78 is 12.3. The van der Waals surface area contributed by atoms with Crippen LogP contribution in [0.3, 0.4) is 0 Å². The zero-order chi connectivity index (χ0) is 21.1. The highest BCUT2D eigenvalue weighted by atomic mass is 35.6. The van der Waals surface area contributed by atoms with Crippen LogP contribution in [-0.4, -0.2) is 39.7 Å². The fourth-order valence-electron chi connectivity index (χ4n) is 2.17. The van der Waals surface area contributed by atoms with Gasteiger partial charge in [-0.05, 0) is 29.8 Å². The van der Waals surface area contributed by atoms with Crippen LogP contribution in [0.5, 0.6) is 17.2 Å². The third-order valence-electron chi connectivity index (χ3n) is 3.42. The number of benzene rings is 1. The number of methoxy groups -OCH3 is 3. The Hall–Kier alpha value is -0.890. The van der Waals surface area contributed by atoms with Crippen molar-refractivity contribution in [1.29, 1.82) is 0 Å². The molecular weight excluding hydrogens is 495 g/mol. The summed E-state index contributed by atoms with van der Waals surface area (Å²) in [7, 11) is 4.56. The van der Waals surface area contributed by atoms with Gasteiger partial charge in [-0.25, -0.2) is 0 Å². The summed E-state index contributed by atoms with van der Waals surface area (Å²) in [4.78, 5) is 0. The number of halogens is 6. The lowest BCUT2D eigenvalue weighted by Gasteiger charge is -2.29. The van der Waals surface area contributed by atoms with Crippen molar-refractivity contribution in [1.82, 2.24) is 10.5 Å². The molecule has 1 N–H and O–H groups in total. The normalized spacial score (nSPS) is 15.1. The van der Waals surface area contributed by atoms with Gasteiger partial charge in [0.1, 0.15) is 5.71 Å². The summed E-state index contributed by atoms with van der Waals surface area (Å²) >= 11 is 35.6. The third-order valence-corrected chi connectivity index (χ3v) is 4.61. The second-order valence-corrected chi connectivity index (χ2v) is 9.83. The van der Waals surface area contributed by atoms with Crippen LogP contribution in [0.4, 0.5) is 0 Å². The lowest BCUT2D eigenvalue weighted by molar-refractivity contribution is 0.313. The monoisotopic (exact) mass is 507 g/mol. The van der Waals surface area contributed by atoms with E-state index >= 15 is 0 Å². The molecule has 0 atom stereocenters. The molecule has 0 amide bonds. The number of nitrogens with zero attached hydrogens (tertiary/aromatic N) is 2.